The van der Waals surface area contributed by atoms with Gasteiger partial charge in [0.2, 0.25) is 0 Å². The second kappa shape index (κ2) is 5.63. The topological polar surface area (TPSA) is 0 Å². The number of rotatable bonds is 6. The van der Waals surface area contributed by atoms with E-state index >= 15 is 0 Å². The van der Waals surface area contributed by atoms with Crippen LogP contribution in [-0.2, 0) is 0 Å². The molecular formula is C20H32S2. The molecule has 0 saturated heterocycles. The van der Waals surface area contributed by atoms with Crippen molar-refractivity contribution in [1.82, 2.24) is 0 Å². The van der Waals surface area contributed by atoms with E-state index in [0.29, 0.717) is 0 Å². The van der Waals surface area contributed by atoms with Crippen molar-refractivity contribution in [3.8, 4) is 0 Å². The van der Waals surface area contributed by atoms with Gasteiger partial charge in [-0.2, -0.15) is 0 Å². The Morgan fingerprint density at radius 2 is 1.32 bits per heavy atom. The van der Waals surface area contributed by atoms with Crippen LogP contribution in [0.4, 0.5) is 0 Å². The molecule has 3 aliphatic rings. The zero-order valence-electron chi connectivity index (χ0n) is 14.6. The average molecular weight is 337 g/mol. The van der Waals surface area contributed by atoms with Gasteiger partial charge in [-0.05, 0) is 72.0 Å². The van der Waals surface area contributed by atoms with Crippen LogP contribution in [0, 0.1) is 35.5 Å². The van der Waals surface area contributed by atoms with Gasteiger partial charge in [0.25, 0.3) is 0 Å². The molecule has 0 aliphatic heterocycles. The molecule has 6 unspecified atom stereocenters. The summed E-state index contributed by atoms with van der Waals surface area (Å²) in [6.45, 7) is 8.16. The molecule has 22 heavy (non-hydrogen) atoms. The third kappa shape index (κ3) is 2.78. The first kappa shape index (κ1) is 16.5. The van der Waals surface area contributed by atoms with Gasteiger partial charge in [-0.25, -0.2) is 20.1 Å². The van der Waals surface area contributed by atoms with Crippen molar-refractivity contribution in [2.75, 3.05) is 36.5 Å². The summed E-state index contributed by atoms with van der Waals surface area (Å²) in [7, 11) is -1.27. The van der Waals surface area contributed by atoms with E-state index in [9.17, 15) is 0 Å². The first-order chi connectivity index (χ1) is 10.3. The monoisotopic (exact) mass is 336 g/mol. The van der Waals surface area contributed by atoms with Crippen molar-refractivity contribution in [1.29, 1.82) is 0 Å². The molecule has 0 amide bonds. The highest BCUT2D eigenvalue weighted by molar-refractivity contribution is 8.35. The summed E-state index contributed by atoms with van der Waals surface area (Å²) in [5.74, 6) is 7.62. The van der Waals surface area contributed by atoms with Gasteiger partial charge in [-0.15, -0.1) is 0 Å². The Balaban J connectivity index is 1.78. The van der Waals surface area contributed by atoms with Gasteiger partial charge in [0.1, 0.15) is 0 Å². The molecule has 0 aromatic carbocycles. The summed E-state index contributed by atoms with van der Waals surface area (Å²) < 4.78 is 0. The van der Waals surface area contributed by atoms with Gasteiger partial charge in [-0.1, -0.05) is 48.3 Å². The fraction of sp³-hybridized carbons (Fsp3) is 0.600. The Hall–Kier alpha value is -0.340. The number of hydrogen-bond acceptors (Lipinski definition) is 0. The van der Waals surface area contributed by atoms with Crippen molar-refractivity contribution in [3.63, 3.8) is 0 Å². The first-order valence-electron chi connectivity index (χ1n) is 8.31. The maximum atomic E-state index is 4.09. The lowest BCUT2D eigenvalue weighted by Crippen LogP contribution is -2.25. The molecule has 6 atom stereocenters. The van der Waals surface area contributed by atoms with Crippen LogP contribution in [0.3, 0.4) is 0 Å². The maximum Gasteiger partial charge on any atom is -0.0114 e. The summed E-state index contributed by atoms with van der Waals surface area (Å²) in [6, 6.07) is 0. The van der Waals surface area contributed by atoms with Crippen LogP contribution in [0.5, 0.6) is 0 Å². The molecule has 0 spiro atoms. The van der Waals surface area contributed by atoms with E-state index in [1.807, 2.05) is 0 Å². The molecule has 124 valence electrons. The zero-order valence-corrected chi connectivity index (χ0v) is 16.2. The normalized spacial score (nSPS) is 40.7. The molecule has 0 N–H and O–H groups in total. The van der Waals surface area contributed by atoms with Crippen LogP contribution >= 0.6 is 20.1 Å². The standard InChI is InChI=1S/C20H32S2/c1-7-21(3,4)13-15-9-10-17-16-11-12-18(20(15)17)19(16)14-22(5,6)8-2/h7-12,15-20H,1-2,13-14H2,3-6H3. The molecule has 2 bridgehead atoms. The van der Waals surface area contributed by atoms with Crippen molar-refractivity contribution in [2.45, 2.75) is 0 Å². The highest BCUT2D eigenvalue weighted by Gasteiger charge is 2.55. The van der Waals surface area contributed by atoms with E-state index < -0.39 is 20.1 Å². The van der Waals surface area contributed by atoms with Gasteiger partial charge in [-0.3, -0.25) is 0 Å². The predicted octanol–water partition coefficient (Wildman–Crippen LogP) is 5.25. The van der Waals surface area contributed by atoms with E-state index in [1.165, 1.54) is 11.5 Å². The minimum atomic E-state index is -0.638. The third-order valence-electron chi connectivity index (χ3n) is 6.10. The Kier molecular flexibility index (Phi) is 4.23. The Labute approximate surface area is 140 Å². The largest absolute Gasteiger partial charge is 0.227 e. The van der Waals surface area contributed by atoms with Gasteiger partial charge in [0.15, 0.2) is 0 Å². The molecule has 0 aromatic rings. The lowest BCUT2D eigenvalue weighted by atomic mass is 9.81. The molecule has 2 heteroatoms. The fourth-order valence-corrected chi connectivity index (χ4v) is 7.92. The van der Waals surface area contributed by atoms with Crippen LogP contribution in [-0.4, -0.2) is 36.5 Å². The van der Waals surface area contributed by atoms with Crippen LogP contribution in [0.1, 0.15) is 0 Å². The molecule has 1 saturated carbocycles. The van der Waals surface area contributed by atoms with Gasteiger partial charge in [0, 0.05) is 0 Å². The van der Waals surface area contributed by atoms with E-state index in [4.69, 9.17) is 0 Å². The van der Waals surface area contributed by atoms with E-state index in [1.54, 1.807) is 0 Å². The van der Waals surface area contributed by atoms with Gasteiger partial charge in [0.05, 0.1) is 0 Å². The second-order valence-corrected chi connectivity index (χ2v) is 16.1. The molecule has 1 fully saturated rings. The number of hydrogen-bond donors (Lipinski definition) is 0. The van der Waals surface area contributed by atoms with Crippen molar-refractivity contribution < 1.29 is 0 Å². The molecular weight excluding hydrogens is 304 g/mol. The van der Waals surface area contributed by atoms with Crippen LogP contribution in [0.25, 0.3) is 0 Å². The minimum absolute atomic E-state index is 0.628. The Bertz CT molecular complexity index is 526. The number of fused-ring (bicyclic) bond motifs is 5. The highest BCUT2D eigenvalue weighted by atomic mass is 32.3. The lowest BCUT2D eigenvalue weighted by Gasteiger charge is -2.36. The van der Waals surface area contributed by atoms with Gasteiger partial charge < -0.3 is 0 Å². The maximum absolute atomic E-state index is 4.09. The summed E-state index contributed by atoms with van der Waals surface area (Å²) in [5, 5.41) is 4.46. The molecule has 0 aromatic heterocycles. The fourth-order valence-electron chi connectivity index (χ4n) is 4.88. The molecule has 0 nitrogen and oxygen atoms in total. The van der Waals surface area contributed by atoms with Gasteiger partial charge >= 0.3 is 0 Å². The quantitative estimate of drug-likeness (QED) is 0.581. The minimum Gasteiger partial charge on any atom is -0.227 e. The zero-order chi connectivity index (χ0) is 16.1. The summed E-state index contributed by atoms with van der Waals surface area (Å²) in [5.41, 5.74) is 0. The lowest BCUT2D eigenvalue weighted by molar-refractivity contribution is 0.322. The molecule has 0 radical (unpaired) electrons. The Morgan fingerprint density at radius 3 is 1.95 bits per heavy atom. The van der Waals surface area contributed by atoms with Crippen LogP contribution in [0.2, 0.25) is 0 Å². The first-order valence-corrected chi connectivity index (χ1v) is 13.7. The smallest absolute Gasteiger partial charge is 0.0114 e. The van der Waals surface area contributed by atoms with E-state index in [2.05, 4.69) is 73.3 Å². The summed E-state index contributed by atoms with van der Waals surface area (Å²) >= 11 is 0. The third-order valence-corrected chi connectivity index (χ3v) is 10.4. The molecule has 3 rings (SSSR count). The summed E-state index contributed by atoms with van der Waals surface area (Å²) in [6.07, 6.45) is 19.9. The summed E-state index contributed by atoms with van der Waals surface area (Å²) in [4.78, 5) is 0. The number of allylic oxidation sites excluding steroid dienone is 4. The van der Waals surface area contributed by atoms with Crippen molar-refractivity contribution in [2.24, 2.45) is 35.5 Å². The average Bonchev–Trinajstić information content (AvgIpc) is 3.11. The van der Waals surface area contributed by atoms with Crippen molar-refractivity contribution in [3.05, 3.63) is 48.3 Å². The van der Waals surface area contributed by atoms with Crippen LogP contribution < -0.4 is 0 Å². The van der Waals surface area contributed by atoms with E-state index in [-0.39, 0.29) is 0 Å². The van der Waals surface area contributed by atoms with E-state index in [0.717, 1.165) is 35.5 Å². The van der Waals surface area contributed by atoms with Crippen LogP contribution in [0.15, 0.2) is 48.3 Å². The second-order valence-electron chi connectivity index (χ2n) is 8.32. The van der Waals surface area contributed by atoms with Crippen molar-refractivity contribution >= 4 is 20.1 Å². The molecule has 3 aliphatic carbocycles. The Morgan fingerprint density at radius 1 is 0.773 bits per heavy atom. The SMILES string of the molecule is C=CS(C)(C)CC1C=CC2C3C=CC(C3CS(C)(C)C=C)C12. The highest BCUT2D eigenvalue weighted by Crippen LogP contribution is 2.63. The predicted molar refractivity (Wildman–Crippen MR) is 108 cm³/mol. The molecule has 0 heterocycles.